The highest BCUT2D eigenvalue weighted by Gasteiger charge is 2.18. The van der Waals surface area contributed by atoms with Crippen molar-refractivity contribution in [3.05, 3.63) is 35.0 Å². The van der Waals surface area contributed by atoms with Crippen molar-refractivity contribution in [2.24, 2.45) is 0 Å². The zero-order chi connectivity index (χ0) is 14.1. The average molecular weight is 292 g/mol. The van der Waals surface area contributed by atoms with E-state index in [9.17, 15) is 0 Å². The van der Waals surface area contributed by atoms with E-state index >= 15 is 0 Å². The minimum absolute atomic E-state index is 0.626. The van der Waals surface area contributed by atoms with Crippen LogP contribution in [0, 0.1) is 0 Å². The topological polar surface area (TPSA) is 55.4 Å². The molecule has 104 valence electrons. The molecule has 0 saturated heterocycles. The number of nitrogens with zero attached hydrogens (tertiary/aromatic N) is 1. The van der Waals surface area contributed by atoms with Gasteiger partial charge in [-0.1, -0.05) is 11.6 Å². The van der Waals surface area contributed by atoms with Crippen LogP contribution in [0.2, 0.25) is 5.02 Å². The Bertz CT molecular complexity index is 661. The molecular formula is C14H14ClN3O2. The van der Waals surface area contributed by atoms with Gasteiger partial charge in [0.25, 0.3) is 0 Å². The van der Waals surface area contributed by atoms with E-state index in [1.807, 2.05) is 12.1 Å². The summed E-state index contributed by atoms with van der Waals surface area (Å²) in [7, 11) is 3.23. The molecule has 0 aliphatic carbocycles. The number of rotatable bonds is 2. The first-order valence-electron chi connectivity index (χ1n) is 6.13. The van der Waals surface area contributed by atoms with Crippen molar-refractivity contribution in [2.45, 2.75) is 6.54 Å². The zero-order valence-corrected chi connectivity index (χ0v) is 11.9. The molecule has 3 rings (SSSR count). The summed E-state index contributed by atoms with van der Waals surface area (Å²) in [5.41, 5.74) is 2.77. The van der Waals surface area contributed by atoms with Gasteiger partial charge < -0.3 is 20.1 Å². The third kappa shape index (κ3) is 2.10. The Hall–Kier alpha value is -2.14. The molecule has 0 radical (unpaired) electrons. The van der Waals surface area contributed by atoms with Gasteiger partial charge in [-0.25, -0.2) is 4.98 Å². The maximum Gasteiger partial charge on any atom is 0.162 e. The summed E-state index contributed by atoms with van der Waals surface area (Å²) in [4.78, 5) is 4.31. The molecule has 0 bridgehead atoms. The lowest BCUT2D eigenvalue weighted by molar-refractivity contribution is 0.355. The highest BCUT2D eigenvalue weighted by Crippen LogP contribution is 2.39. The molecule has 0 saturated carbocycles. The number of hydrogen-bond acceptors (Lipinski definition) is 5. The smallest absolute Gasteiger partial charge is 0.162 e. The predicted octanol–water partition coefficient (Wildman–Crippen LogP) is 3.42. The van der Waals surface area contributed by atoms with Gasteiger partial charge in [-0.15, -0.1) is 0 Å². The fraction of sp³-hybridized carbons (Fsp3) is 0.214. The molecule has 2 aromatic rings. The van der Waals surface area contributed by atoms with Crippen LogP contribution in [0.5, 0.6) is 11.5 Å². The Morgan fingerprint density at radius 2 is 1.95 bits per heavy atom. The van der Waals surface area contributed by atoms with Crippen molar-refractivity contribution in [1.29, 1.82) is 0 Å². The lowest BCUT2D eigenvalue weighted by Crippen LogP contribution is -2.00. The van der Waals surface area contributed by atoms with Crippen LogP contribution in [-0.4, -0.2) is 19.2 Å². The second-order valence-electron chi connectivity index (χ2n) is 4.36. The van der Waals surface area contributed by atoms with Crippen LogP contribution in [-0.2, 0) is 6.54 Å². The molecule has 0 unspecified atom stereocenters. The van der Waals surface area contributed by atoms with Gasteiger partial charge in [-0.05, 0) is 17.7 Å². The van der Waals surface area contributed by atoms with E-state index in [1.165, 1.54) is 0 Å². The van der Waals surface area contributed by atoms with E-state index in [0.717, 1.165) is 16.9 Å². The number of methoxy groups -OCH3 is 2. The fourth-order valence-corrected chi connectivity index (χ4v) is 2.41. The van der Waals surface area contributed by atoms with Crippen molar-refractivity contribution in [3.63, 3.8) is 0 Å². The second kappa shape index (κ2) is 5.09. The van der Waals surface area contributed by atoms with Crippen LogP contribution in [0.15, 0.2) is 24.4 Å². The van der Waals surface area contributed by atoms with Gasteiger partial charge in [-0.2, -0.15) is 0 Å². The third-order valence-electron chi connectivity index (χ3n) is 3.22. The van der Waals surface area contributed by atoms with Crippen LogP contribution in [0.25, 0.3) is 0 Å². The highest BCUT2D eigenvalue weighted by atomic mass is 35.5. The van der Waals surface area contributed by atoms with Crippen LogP contribution < -0.4 is 20.1 Å². The Morgan fingerprint density at radius 3 is 2.70 bits per heavy atom. The summed E-state index contributed by atoms with van der Waals surface area (Å²) < 4.78 is 10.6. The van der Waals surface area contributed by atoms with Crippen molar-refractivity contribution in [3.8, 4) is 11.5 Å². The van der Waals surface area contributed by atoms with Crippen molar-refractivity contribution in [2.75, 3.05) is 24.9 Å². The standard InChI is InChI=1S/C14H14ClN3O2/c1-19-11-5-8-7-17-13-9(15)3-4-16-14(13)18-10(8)6-12(11)20-2/h3-6,17H,7H2,1-2H3,(H,16,18). The number of halogens is 1. The van der Waals surface area contributed by atoms with Crippen LogP contribution in [0.4, 0.5) is 17.2 Å². The molecule has 1 aliphatic heterocycles. The Morgan fingerprint density at radius 1 is 1.20 bits per heavy atom. The number of ether oxygens (including phenoxy) is 2. The summed E-state index contributed by atoms with van der Waals surface area (Å²) in [5, 5.41) is 7.19. The number of fused-ring (bicyclic) bond motifs is 2. The SMILES string of the molecule is COc1cc2c(cc1OC)Nc1nccc(Cl)c1NC2. The summed E-state index contributed by atoms with van der Waals surface area (Å²) in [6.45, 7) is 0.626. The lowest BCUT2D eigenvalue weighted by Gasteiger charge is -2.13. The number of pyridine rings is 1. The molecule has 0 fully saturated rings. The molecule has 6 heteroatoms. The first-order chi connectivity index (χ1) is 9.72. The molecule has 5 nitrogen and oxygen atoms in total. The number of aromatic nitrogens is 1. The molecule has 1 aromatic carbocycles. The Kier molecular flexibility index (Phi) is 3.28. The van der Waals surface area contributed by atoms with Crippen molar-refractivity contribution < 1.29 is 9.47 Å². The van der Waals surface area contributed by atoms with E-state index in [0.29, 0.717) is 28.9 Å². The number of anilines is 3. The maximum absolute atomic E-state index is 6.18. The molecule has 2 heterocycles. The first kappa shape index (κ1) is 12.9. The van der Waals surface area contributed by atoms with Gasteiger partial charge in [0.05, 0.1) is 24.9 Å². The van der Waals surface area contributed by atoms with E-state index in [-0.39, 0.29) is 0 Å². The normalized spacial score (nSPS) is 12.3. The molecule has 2 N–H and O–H groups in total. The Labute approximate surface area is 121 Å². The highest BCUT2D eigenvalue weighted by molar-refractivity contribution is 6.33. The van der Waals surface area contributed by atoms with E-state index in [4.69, 9.17) is 21.1 Å². The number of nitrogens with one attached hydrogen (secondary N) is 2. The van der Waals surface area contributed by atoms with Crippen molar-refractivity contribution >= 4 is 28.8 Å². The monoisotopic (exact) mass is 291 g/mol. The molecule has 0 atom stereocenters. The van der Waals surface area contributed by atoms with E-state index in [1.54, 1.807) is 26.5 Å². The number of hydrogen-bond donors (Lipinski definition) is 2. The third-order valence-corrected chi connectivity index (χ3v) is 3.53. The second-order valence-corrected chi connectivity index (χ2v) is 4.77. The quantitative estimate of drug-likeness (QED) is 0.888. The molecular weight excluding hydrogens is 278 g/mol. The van der Waals surface area contributed by atoms with Crippen LogP contribution >= 0.6 is 11.6 Å². The van der Waals surface area contributed by atoms with Crippen LogP contribution in [0.3, 0.4) is 0 Å². The molecule has 0 spiro atoms. The van der Waals surface area contributed by atoms with E-state index in [2.05, 4.69) is 15.6 Å². The fourth-order valence-electron chi connectivity index (χ4n) is 2.20. The Balaban J connectivity index is 2.09. The van der Waals surface area contributed by atoms with Crippen LogP contribution in [0.1, 0.15) is 5.56 Å². The van der Waals surface area contributed by atoms with Crippen molar-refractivity contribution in [1.82, 2.24) is 4.98 Å². The van der Waals surface area contributed by atoms with Gasteiger partial charge in [0.2, 0.25) is 0 Å². The zero-order valence-electron chi connectivity index (χ0n) is 11.2. The first-order valence-corrected chi connectivity index (χ1v) is 6.51. The maximum atomic E-state index is 6.18. The van der Waals surface area contributed by atoms with Gasteiger partial charge in [0.15, 0.2) is 17.3 Å². The van der Waals surface area contributed by atoms with E-state index < -0.39 is 0 Å². The largest absolute Gasteiger partial charge is 0.493 e. The average Bonchev–Trinajstić information content (AvgIpc) is 2.65. The minimum Gasteiger partial charge on any atom is -0.493 e. The van der Waals surface area contributed by atoms with Gasteiger partial charge in [0, 0.05) is 24.5 Å². The van der Waals surface area contributed by atoms with Gasteiger partial charge >= 0.3 is 0 Å². The summed E-state index contributed by atoms with van der Waals surface area (Å²) >= 11 is 6.18. The summed E-state index contributed by atoms with van der Waals surface area (Å²) in [6, 6.07) is 5.59. The van der Waals surface area contributed by atoms with Gasteiger partial charge in [0.1, 0.15) is 0 Å². The van der Waals surface area contributed by atoms with Gasteiger partial charge in [-0.3, -0.25) is 0 Å². The molecule has 0 amide bonds. The summed E-state index contributed by atoms with van der Waals surface area (Å²) in [5.74, 6) is 2.06. The minimum atomic E-state index is 0.626. The molecule has 1 aromatic heterocycles. The molecule has 1 aliphatic rings. The summed E-state index contributed by atoms with van der Waals surface area (Å²) in [6.07, 6.45) is 1.67. The lowest BCUT2D eigenvalue weighted by atomic mass is 10.1. The number of benzene rings is 1. The molecule has 20 heavy (non-hydrogen) atoms. The predicted molar refractivity (Wildman–Crippen MR) is 79.4 cm³/mol.